The van der Waals surface area contributed by atoms with E-state index in [1.165, 1.54) is 31.7 Å². The Morgan fingerprint density at radius 3 is 2.08 bits per heavy atom. The van der Waals surface area contributed by atoms with Crippen LogP contribution < -0.4 is 35.3 Å². The molecule has 3 aromatic rings. The van der Waals surface area contributed by atoms with Gasteiger partial charge in [0.25, 0.3) is 0 Å². The molecular weight excluding hydrogens is 695 g/mol. The SMILES string of the molecule is C=C(N)c1ccc(CCCCC(C)(C)C)c(F)c1-c1c(Cl)c(F)cc2c1C(C)C(C)(c1ccccc1)C2.C=CC.CC1CC[CH-]CC1.CSC.[CH3-].[Na+]. The maximum Gasteiger partial charge on any atom is 1.00 e. The van der Waals surface area contributed by atoms with Gasteiger partial charge in [0.15, 0.2) is 0 Å². The summed E-state index contributed by atoms with van der Waals surface area (Å²) in [5, 5.41) is -0.0609. The molecule has 5 rings (SSSR count). The van der Waals surface area contributed by atoms with E-state index in [1.54, 1.807) is 23.9 Å². The first-order valence-corrected chi connectivity index (χ1v) is 20.2. The zero-order chi connectivity index (χ0) is 37.6. The van der Waals surface area contributed by atoms with Crippen molar-refractivity contribution in [3.8, 4) is 11.1 Å². The normalized spacial score (nSPS) is 17.7. The topological polar surface area (TPSA) is 26.0 Å². The maximum atomic E-state index is 16.4. The Kier molecular flexibility index (Phi) is 23.3. The standard InChI is InChI=1S/C33H38ClF2N.C7H13.C3H6.C2H6S.CH3.Na/c1-20-27-23(19-33(20,6)24-13-8-7-9-14-24)18-26(35)30(34)29(27)28-25(21(2)37)16-15-22(31(28)36)12-10-11-17-32(3,4)5;1-7-5-3-2-4-6-7;2*1-3-2;;/h7-9,13-16,18,20H,2,10-12,17,19,37H2,1,3-6H3;2,7H,3-6H2,1H3;3H,1H2,2H3;1-2H3;1H3;/q;-1;;;-1;+1. The van der Waals surface area contributed by atoms with Gasteiger partial charge in [0.05, 0.1) is 5.02 Å². The predicted molar refractivity (Wildman–Crippen MR) is 227 cm³/mol. The third kappa shape index (κ3) is 13.9. The van der Waals surface area contributed by atoms with Crippen molar-refractivity contribution in [3.05, 3.63) is 126 Å². The molecule has 1 nitrogen and oxygen atoms in total. The van der Waals surface area contributed by atoms with Crippen molar-refractivity contribution in [2.45, 2.75) is 118 Å². The van der Waals surface area contributed by atoms with Crippen molar-refractivity contribution >= 4 is 29.1 Å². The molecule has 1 saturated carbocycles. The zero-order valence-electron chi connectivity index (χ0n) is 34.3. The molecule has 6 heteroatoms. The molecule has 2 N–H and O–H groups in total. The van der Waals surface area contributed by atoms with Gasteiger partial charge in [0.1, 0.15) is 11.6 Å². The summed E-state index contributed by atoms with van der Waals surface area (Å²) in [6.45, 7) is 22.4. The van der Waals surface area contributed by atoms with Crippen molar-refractivity contribution in [1.82, 2.24) is 0 Å². The van der Waals surface area contributed by atoms with Gasteiger partial charge in [-0.2, -0.15) is 24.6 Å². The van der Waals surface area contributed by atoms with Crippen LogP contribution in [-0.4, -0.2) is 12.5 Å². The first kappa shape index (κ1) is 50.4. The number of allylic oxidation sites excluding steroid dienone is 1. The van der Waals surface area contributed by atoms with E-state index in [2.05, 4.69) is 73.3 Å². The number of unbranched alkanes of at least 4 members (excludes halogenated alkanes) is 1. The average molecular weight is 762 g/mol. The summed E-state index contributed by atoms with van der Waals surface area (Å²) in [6.07, 6.45) is 18.0. The molecule has 0 amide bonds. The fraction of sp³-hybridized carbons (Fsp3) is 0.478. The molecule has 2 aliphatic carbocycles. The van der Waals surface area contributed by atoms with Crippen LogP contribution in [0.15, 0.2) is 67.8 Å². The molecule has 0 bridgehead atoms. The summed E-state index contributed by atoms with van der Waals surface area (Å²) < 4.78 is 31.7. The van der Waals surface area contributed by atoms with Crippen molar-refractivity contribution in [2.24, 2.45) is 17.1 Å². The molecule has 0 spiro atoms. The largest absolute Gasteiger partial charge is 1.00 e. The Labute approximate surface area is 349 Å². The third-order valence-electron chi connectivity index (χ3n) is 9.89. The van der Waals surface area contributed by atoms with E-state index < -0.39 is 5.82 Å². The van der Waals surface area contributed by atoms with Gasteiger partial charge in [-0.25, -0.2) is 8.78 Å². The molecule has 0 radical (unpaired) electrons. The second-order valence-electron chi connectivity index (χ2n) is 15.4. The number of rotatable bonds is 7. The Morgan fingerprint density at radius 1 is 1.04 bits per heavy atom. The van der Waals surface area contributed by atoms with Gasteiger partial charge in [-0.3, -0.25) is 0 Å². The van der Waals surface area contributed by atoms with Gasteiger partial charge >= 0.3 is 29.6 Å². The van der Waals surface area contributed by atoms with Crippen molar-refractivity contribution in [1.29, 1.82) is 0 Å². The summed E-state index contributed by atoms with van der Waals surface area (Å²) in [4.78, 5) is 0. The van der Waals surface area contributed by atoms with Crippen LogP contribution in [0, 0.1) is 36.8 Å². The third-order valence-corrected chi connectivity index (χ3v) is 10.3. The summed E-state index contributed by atoms with van der Waals surface area (Å²) >= 11 is 8.43. The number of thioether (sulfide) groups is 1. The van der Waals surface area contributed by atoms with Gasteiger partial charge in [-0.05, 0) is 90.7 Å². The molecule has 2 aliphatic rings. The van der Waals surface area contributed by atoms with Crippen LogP contribution in [0.2, 0.25) is 5.02 Å². The van der Waals surface area contributed by atoms with Gasteiger partial charge in [0, 0.05) is 27.8 Å². The number of fused-ring (bicyclic) bond motifs is 1. The summed E-state index contributed by atoms with van der Waals surface area (Å²) in [5.41, 5.74) is 11.0. The van der Waals surface area contributed by atoms with Crippen LogP contribution in [0.5, 0.6) is 0 Å². The minimum absolute atomic E-state index is 0. The fourth-order valence-electron chi connectivity index (χ4n) is 7.00. The number of benzene rings is 3. The Balaban J connectivity index is 0.00000148. The second-order valence-corrected chi connectivity index (χ2v) is 16.6. The predicted octanol–water partition coefficient (Wildman–Crippen LogP) is 11.6. The molecule has 3 aromatic carbocycles. The number of aryl methyl sites for hydroxylation is 1. The number of halogens is 3. The molecular formula is C46H66ClF2NNaS-. The van der Waals surface area contributed by atoms with Crippen LogP contribution in [0.1, 0.15) is 127 Å². The Hall–Kier alpha value is -1.56. The van der Waals surface area contributed by atoms with Crippen LogP contribution in [0.4, 0.5) is 8.78 Å². The van der Waals surface area contributed by atoms with E-state index in [1.807, 2.05) is 43.7 Å². The van der Waals surface area contributed by atoms with E-state index in [4.69, 9.17) is 17.3 Å². The summed E-state index contributed by atoms with van der Waals surface area (Å²) in [6, 6.07) is 15.4. The molecule has 0 aromatic heterocycles. The smallest absolute Gasteiger partial charge is 0.399 e. The van der Waals surface area contributed by atoms with Gasteiger partial charge < -0.3 is 19.6 Å². The minimum atomic E-state index is -0.538. The summed E-state index contributed by atoms with van der Waals surface area (Å²) in [7, 11) is 0. The average Bonchev–Trinajstić information content (AvgIpc) is 3.31. The second kappa shape index (κ2) is 24.1. The molecule has 284 valence electrons. The molecule has 0 aliphatic heterocycles. The monoisotopic (exact) mass is 760 g/mol. The first-order chi connectivity index (χ1) is 23.6. The van der Waals surface area contributed by atoms with Gasteiger partial charge in [0.2, 0.25) is 0 Å². The molecule has 2 unspecified atom stereocenters. The van der Waals surface area contributed by atoms with Gasteiger partial charge in [-0.15, -0.1) is 6.58 Å². The Morgan fingerprint density at radius 2 is 1.60 bits per heavy atom. The molecule has 1 fully saturated rings. The van der Waals surface area contributed by atoms with Crippen molar-refractivity contribution in [2.75, 3.05) is 12.5 Å². The number of hydrogen-bond donors (Lipinski definition) is 1. The number of hydrogen-bond acceptors (Lipinski definition) is 2. The van der Waals surface area contributed by atoms with E-state index in [9.17, 15) is 0 Å². The van der Waals surface area contributed by atoms with Crippen LogP contribution in [-0.2, 0) is 18.3 Å². The maximum absolute atomic E-state index is 16.4. The molecule has 2 atom stereocenters. The fourth-order valence-corrected chi connectivity index (χ4v) is 7.26. The molecule has 0 saturated heterocycles. The van der Waals surface area contributed by atoms with Crippen LogP contribution in [0.3, 0.4) is 0 Å². The van der Waals surface area contributed by atoms with E-state index in [0.717, 1.165) is 41.9 Å². The van der Waals surface area contributed by atoms with Crippen molar-refractivity contribution in [3.63, 3.8) is 0 Å². The van der Waals surface area contributed by atoms with Gasteiger partial charge in [-0.1, -0.05) is 128 Å². The zero-order valence-corrected chi connectivity index (χ0v) is 37.9. The Bertz CT molecular complexity index is 1530. The minimum Gasteiger partial charge on any atom is -0.399 e. The van der Waals surface area contributed by atoms with Crippen molar-refractivity contribution < 1.29 is 38.3 Å². The molecule has 52 heavy (non-hydrogen) atoms. The van der Waals surface area contributed by atoms with E-state index >= 15 is 8.78 Å². The van der Waals surface area contributed by atoms with Crippen LogP contribution in [0.25, 0.3) is 16.8 Å². The van der Waals surface area contributed by atoms with E-state index in [0.29, 0.717) is 29.5 Å². The summed E-state index contributed by atoms with van der Waals surface area (Å²) in [5.74, 6) is 0.0651. The number of nitrogens with two attached hydrogens (primary N) is 1. The van der Waals surface area contributed by atoms with Crippen LogP contribution >= 0.6 is 23.4 Å². The first-order valence-electron chi connectivity index (χ1n) is 18.2. The molecule has 0 heterocycles. The quantitative estimate of drug-likeness (QED) is 0.112. The van der Waals surface area contributed by atoms with E-state index in [-0.39, 0.29) is 75.8 Å².